The number of fused-ring (bicyclic) bond motifs is 3. The van der Waals surface area contributed by atoms with E-state index in [2.05, 4.69) is 0 Å². The molecule has 5 rings (SSSR count). The van der Waals surface area contributed by atoms with Gasteiger partial charge in [-0.3, -0.25) is 19.2 Å². The Morgan fingerprint density at radius 1 is 1.14 bits per heavy atom. The van der Waals surface area contributed by atoms with Crippen LogP contribution in [-0.2, 0) is 25.5 Å². The number of benzene rings is 2. The Kier molecular flexibility index (Phi) is 7.94. The predicted octanol–water partition coefficient (Wildman–Crippen LogP) is 1.29. The highest BCUT2D eigenvalue weighted by atomic mass is 32.2. The molecule has 1 aliphatic heterocycles. The van der Waals surface area contributed by atoms with Crippen LogP contribution in [0.3, 0.4) is 0 Å². The molecule has 0 bridgehead atoms. The van der Waals surface area contributed by atoms with Crippen molar-refractivity contribution in [1.82, 2.24) is 0 Å². The molecule has 2 aromatic carbocycles. The van der Waals surface area contributed by atoms with Crippen LogP contribution in [-0.4, -0.2) is 85.9 Å². The second-order valence-electron chi connectivity index (χ2n) is 10.8. The zero-order valence-corrected chi connectivity index (χ0v) is 23.9. The minimum atomic E-state index is -2.18. The molecule has 0 aromatic heterocycles. The van der Waals surface area contributed by atoms with Crippen LogP contribution >= 0.6 is 11.8 Å². The van der Waals surface area contributed by atoms with Gasteiger partial charge in [-0.1, -0.05) is 23.9 Å². The second-order valence-corrected chi connectivity index (χ2v) is 11.9. The third-order valence-corrected chi connectivity index (χ3v) is 8.88. The lowest BCUT2D eigenvalue weighted by molar-refractivity contribution is -0.247. The molecule has 12 nitrogen and oxygen atoms in total. The molecule has 3 aliphatic rings. The van der Waals surface area contributed by atoms with E-state index < -0.39 is 89.1 Å². The van der Waals surface area contributed by atoms with Gasteiger partial charge in [0.05, 0.1) is 47.9 Å². The first-order chi connectivity index (χ1) is 19.8. The van der Waals surface area contributed by atoms with E-state index in [-0.39, 0.29) is 45.3 Å². The third-order valence-electron chi connectivity index (χ3n) is 8.07. The summed E-state index contributed by atoms with van der Waals surface area (Å²) in [5.74, 6) is -3.88. The smallest absolute Gasteiger partial charge is 0.202 e. The van der Waals surface area contributed by atoms with E-state index >= 15 is 0 Å². The number of ketones is 3. The van der Waals surface area contributed by atoms with Crippen LogP contribution in [0.15, 0.2) is 18.2 Å². The number of thioether (sulfide) groups is 1. The van der Waals surface area contributed by atoms with E-state index in [1.807, 2.05) is 0 Å². The van der Waals surface area contributed by atoms with Crippen LogP contribution in [0.5, 0.6) is 17.2 Å². The number of carbonyl (C=O) groups is 4. The number of phenolic OH excluding ortho intramolecular Hbond substituents is 2. The van der Waals surface area contributed by atoms with Crippen LogP contribution < -0.4 is 10.5 Å². The lowest BCUT2D eigenvalue weighted by Crippen LogP contribution is -2.53. The van der Waals surface area contributed by atoms with Crippen molar-refractivity contribution in [3.05, 3.63) is 51.6 Å². The first-order valence-electron chi connectivity index (χ1n) is 13.3. The number of aliphatic hydroxyl groups excluding tert-OH is 1. The van der Waals surface area contributed by atoms with Crippen molar-refractivity contribution < 1.29 is 53.8 Å². The molecule has 42 heavy (non-hydrogen) atoms. The highest BCUT2D eigenvalue weighted by Crippen LogP contribution is 2.52. The molecule has 0 saturated carbocycles. The fourth-order valence-electron chi connectivity index (χ4n) is 5.90. The molecule has 6 atom stereocenters. The maximum absolute atomic E-state index is 13.7. The average Bonchev–Trinajstić information content (AvgIpc) is 2.94. The van der Waals surface area contributed by atoms with E-state index in [0.717, 1.165) is 0 Å². The van der Waals surface area contributed by atoms with Crippen molar-refractivity contribution >= 4 is 34.2 Å². The van der Waals surface area contributed by atoms with Gasteiger partial charge in [0.2, 0.25) is 5.78 Å². The van der Waals surface area contributed by atoms with Crippen molar-refractivity contribution in [1.29, 1.82) is 0 Å². The van der Waals surface area contributed by atoms with Crippen molar-refractivity contribution in [2.45, 2.75) is 69.4 Å². The average molecular weight is 602 g/mol. The lowest BCUT2D eigenvalue weighted by atomic mass is 9.72. The van der Waals surface area contributed by atoms with Gasteiger partial charge in [0, 0.05) is 48.9 Å². The lowest BCUT2D eigenvalue weighted by Gasteiger charge is -2.42. The van der Waals surface area contributed by atoms with Crippen LogP contribution in [0.25, 0.3) is 0 Å². The monoisotopic (exact) mass is 601 g/mol. The SMILES string of the molecule is COc1cccc2c1C(=O)c1c(O)c3c(c(O)c1C2=O)C[C@@](O)(C(=O)CSC(C)=O)C[C@H]3O[C@H]1C[C@@H](N)[C@@H](O)[C@@H](C)O1. The Morgan fingerprint density at radius 2 is 1.83 bits per heavy atom. The molecule has 6 N–H and O–H groups in total. The van der Waals surface area contributed by atoms with Gasteiger partial charge in [0.1, 0.15) is 22.8 Å². The Hall–Kier alpha value is -3.33. The number of hydrogen-bond donors (Lipinski definition) is 5. The number of ether oxygens (including phenoxy) is 3. The van der Waals surface area contributed by atoms with Crippen molar-refractivity contribution in [3.8, 4) is 17.2 Å². The molecule has 224 valence electrons. The predicted molar refractivity (Wildman–Crippen MR) is 148 cm³/mol. The van der Waals surface area contributed by atoms with E-state index in [4.69, 9.17) is 19.9 Å². The van der Waals surface area contributed by atoms with Crippen LogP contribution in [0.4, 0.5) is 0 Å². The van der Waals surface area contributed by atoms with Crippen molar-refractivity contribution in [3.63, 3.8) is 0 Å². The number of Topliss-reactive ketones (excluding diaryl/α,β-unsaturated/α-hetero) is 1. The van der Waals surface area contributed by atoms with Gasteiger partial charge in [-0.25, -0.2) is 0 Å². The van der Waals surface area contributed by atoms with Gasteiger partial charge in [-0.2, -0.15) is 0 Å². The normalized spacial score (nSPS) is 28.5. The first kappa shape index (κ1) is 30.1. The number of rotatable bonds is 6. The molecule has 2 aliphatic carbocycles. The Labute approximate surface area is 244 Å². The summed E-state index contributed by atoms with van der Waals surface area (Å²) < 4.78 is 17.2. The minimum Gasteiger partial charge on any atom is -0.507 e. The maximum Gasteiger partial charge on any atom is 0.202 e. The summed E-state index contributed by atoms with van der Waals surface area (Å²) in [6.07, 6.45) is -5.05. The molecule has 0 spiro atoms. The Morgan fingerprint density at radius 3 is 2.48 bits per heavy atom. The Bertz CT molecular complexity index is 1500. The summed E-state index contributed by atoms with van der Waals surface area (Å²) in [7, 11) is 1.33. The van der Waals surface area contributed by atoms with Crippen LogP contribution in [0.2, 0.25) is 0 Å². The maximum atomic E-state index is 13.7. The fraction of sp³-hybridized carbons (Fsp3) is 0.448. The van der Waals surface area contributed by atoms with E-state index in [1.165, 1.54) is 32.2 Å². The third kappa shape index (κ3) is 4.89. The molecule has 0 radical (unpaired) electrons. The number of phenols is 2. The number of aliphatic hydroxyl groups is 2. The van der Waals surface area contributed by atoms with Crippen molar-refractivity contribution in [2.75, 3.05) is 12.9 Å². The number of hydrogen-bond acceptors (Lipinski definition) is 13. The first-order valence-corrected chi connectivity index (χ1v) is 14.3. The fourth-order valence-corrected chi connectivity index (χ4v) is 6.51. The number of aromatic hydroxyl groups is 2. The molecule has 1 fully saturated rings. The van der Waals surface area contributed by atoms with Gasteiger partial charge in [-0.05, 0) is 13.0 Å². The highest BCUT2D eigenvalue weighted by molar-refractivity contribution is 8.14. The number of carbonyl (C=O) groups excluding carboxylic acids is 4. The topological polar surface area (TPSA) is 203 Å². The molecule has 1 saturated heterocycles. The summed E-state index contributed by atoms with van der Waals surface area (Å²) in [5.41, 5.74) is 2.54. The highest BCUT2D eigenvalue weighted by Gasteiger charge is 2.50. The summed E-state index contributed by atoms with van der Waals surface area (Å²) >= 11 is 0.696. The molecule has 13 heteroatoms. The second kappa shape index (κ2) is 11.1. The minimum absolute atomic E-state index is 0.0174. The number of nitrogens with two attached hydrogens (primary N) is 1. The van der Waals surface area contributed by atoms with Gasteiger partial charge in [0.25, 0.3) is 0 Å². The van der Waals surface area contributed by atoms with Gasteiger partial charge in [-0.15, -0.1) is 0 Å². The standard InChI is InChI=1S/C29H31NO11S/c1-11-24(33)15(30)7-19(40-11)41-17-9-29(38,18(32)10-42-12(2)31)8-14-21(17)28(37)23-22(26(14)35)25(34)13-5-4-6-16(39-3)20(13)27(23)36/h4-6,11,15,17,19,24,33,35,37-38H,7-10,30H2,1-3H3/t11-,15-,17-,19+,24+,29+/m1/s1. The van der Waals surface area contributed by atoms with Gasteiger partial charge < -0.3 is 40.4 Å². The van der Waals surface area contributed by atoms with Crippen molar-refractivity contribution in [2.24, 2.45) is 5.73 Å². The van der Waals surface area contributed by atoms with E-state index in [9.17, 15) is 39.6 Å². The molecule has 1 heterocycles. The number of methoxy groups -OCH3 is 1. The van der Waals surface area contributed by atoms with Crippen LogP contribution in [0.1, 0.15) is 75.8 Å². The van der Waals surface area contributed by atoms with Gasteiger partial charge in [0.15, 0.2) is 23.0 Å². The summed E-state index contributed by atoms with van der Waals surface area (Å²) in [6.45, 7) is 2.86. The molecular formula is C29H31NO11S. The molecular weight excluding hydrogens is 570 g/mol. The van der Waals surface area contributed by atoms with Gasteiger partial charge >= 0.3 is 0 Å². The van der Waals surface area contributed by atoms with E-state index in [0.29, 0.717) is 11.8 Å². The summed E-state index contributed by atoms with van der Waals surface area (Å²) in [5, 5.41) is 44.5. The van der Waals surface area contributed by atoms with E-state index in [1.54, 1.807) is 6.92 Å². The quantitative estimate of drug-likeness (QED) is 0.253. The molecule has 2 aromatic rings. The summed E-state index contributed by atoms with van der Waals surface area (Å²) in [6, 6.07) is 3.65. The zero-order valence-electron chi connectivity index (χ0n) is 23.1. The summed E-state index contributed by atoms with van der Waals surface area (Å²) in [4.78, 5) is 52.1. The molecule has 0 unspecified atom stereocenters. The Balaban J connectivity index is 1.66. The zero-order chi connectivity index (χ0) is 30.7. The molecule has 0 amide bonds. The largest absolute Gasteiger partial charge is 0.507 e. The van der Waals surface area contributed by atoms with Crippen LogP contribution in [0, 0.1) is 0 Å².